The minimum Gasteiger partial charge on any atom is -0.469 e. The third kappa shape index (κ3) is 6.70. The molecule has 1 aliphatic heterocycles. The maximum atomic E-state index is 12.3. The maximum Gasteiger partial charge on any atom is 0.224 e. The fourth-order valence-electron chi connectivity index (χ4n) is 2.88. The lowest BCUT2D eigenvalue weighted by Gasteiger charge is -2.33. The van der Waals surface area contributed by atoms with Gasteiger partial charge in [0.25, 0.3) is 0 Å². The first kappa shape index (κ1) is 20.8. The van der Waals surface area contributed by atoms with E-state index in [1.165, 1.54) is 6.42 Å². The lowest BCUT2D eigenvalue weighted by molar-refractivity contribution is -0.134. The molecule has 1 aromatic heterocycles. The third-order valence-corrected chi connectivity index (χ3v) is 4.22. The Labute approximate surface area is 161 Å². The Balaban J connectivity index is 0.00000288. The fraction of sp³-hybridized carbons (Fsp3) is 0.647. The molecule has 0 aromatic carbocycles. The van der Waals surface area contributed by atoms with E-state index in [-0.39, 0.29) is 29.9 Å². The van der Waals surface area contributed by atoms with Crippen LogP contribution in [0.4, 0.5) is 0 Å². The van der Waals surface area contributed by atoms with Gasteiger partial charge in [-0.1, -0.05) is 0 Å². The van der Waals surface area contributed by atoms with Crippen molar-refractivity contribution in [3.8, 4) is 0 Å². The Morgan fingerprint density at radius 3 is 2.83 bits per heavy atom. The summed E-state index contributed by atoms with van der Waals surface area (Å²) in [4.78, 5) is 18.4. The normalized spacial score (nSPS) is 18.0. The summed E-state index contributed by atoms with van der Waals surface area (Å²) >= 11 is 0. The highest BCUT2D eigenvalue weighted by Gasteiger charge is 2.22. The predicted molar refractivity (Wildman–Crippen MR) is 107 cm³/mol. The van der Waals surface area contributed by atoms with Crippen molar-refractivity contribution in [1.29, 1.82) is 0 Å². The van der Waals surface area contributed by atoms with Gasteiger partial charge in [0.15, 0.2) is 5.96 Å². The first-order chi connectivity index (χ1) is 11.2. The number of hydrogen-bond acceptors (Lipinski definition) is 3. The smallest absolute Gasteiger partial charge is 0.224 e. The highest BCUT2D eigenvalue weighted by atomic mass is 127. The minimum atomic E-state index is 0. The molecule has 1 amide bonds. The van der Waals surface area contributed by atoms with Gasteiger partial charge in [-0.25, -0.2) is 0 Å². The molecule has 1 saturated heterocycles. The van der Waals surface area contributed by atoms with Crippen molar-refractivity contribution in [2.75, 3.05) is 26.7 Å². The molecule has 2 heterocycles. The summed E-state index contributed by atoms with van der Waals surface area (Å²) in [5.41, 5.74) is 0. The van der Waals surface area contributed by atoms with Crippen molar-refractivity contribution in [2.24, 2.45) is 4.99 Å². The van der Waals surface area contributed by atoms with Gasteiger partial charge < -0.3 is 20.0 Å². The van der Waals surface area contributed by atoms with Crippen LogP contribution in [0, 0.1) is 0 Å². The number of guanidine groups is 1. The van der Waals surface area contributed by atoms with Crippen LogP contribution >= 0.6 is 24.0 Å². The first-order valence-corrected chi connectivity index (χ1v) is 8.47. The van der Waals surface area contributed by atoms with E-state index in [0.717, 1.165) is 44.1 Å². The molecule has 24 heavy (non-hydrogen) atoms. The summed E-state index contributed by atoms with van der Waals surface area (Å²) in [6.07, 6.45) is 6.46. The van der Waals surface area contributed by atoms with Gasteiger partial charge in [-0.3, -0.25) is 9.79 Å². The maximum absolute atomic E-state index is 12.3. The number of carbonyl (C=O) groups is 1. The van der Waals surface area contributed by atoms with Crippen molar-refractivity contribution >= 4 is 35.8 Å². The second kappa shape index (κ2) is 11.3. The number of amides is 1. The monoisotopic (exact) mass is 448 g/mol. The minimum absolute atomic E-state index is 0. The van der Waals surface area contributed by atoms with Crippen LogP contribution in [0.5, 0.6) is 0 Å². The third-order valence-electron chi connectivity index (χ3n) is 4.22. The Morgan fingerprint density at radius 1 is 1.38 bits per heavy atom. The van der Waals surface area contributed by atoms with Gasteiger partial charge in [0.05, 0.1) is 6.26 Å². The van der Waals surface area contributed by atoms with Crippen LogP contribution in [0.2, 0.25) is 0 Å². The van der Waals surface area contributed by atoms with E-state index in [2.05, 4.69) is 22.5 Å². The molecule has 136 valence electrons. The number of carbonyl (C=O) groups excluding carboxylic acids is 1. The van der Waals surface area contributed by atoms with Gasteiger partial charge in [0.2, 0.25) is 5.91 Å². The molecular formula is C17H29IN4O2. The molecule has 1 unspecified atom stereocenters. The molecule has 1 aliphatic rings. The standard InChI is InChI=1S/C17H28N4O2.HI/c1-14-6-3-4-12-21(14)16(22)9-11-20-17(18-2)19-10-8-15-7-5-13-23-15;/h5,7,13-14H,3-4,6,8-12H2,1-2H3,(H2,18,19,20);1H. The van der Waals surface area contributed by atoms with Gasteiger partial charge in [0, 0.05) is 45.6 Å². The summed E-state index contributed by atoms with van der Waals surface area (Å²) < 4.78 is 5.29. The first-order valence-electron chi connectivity index (χ1n) is 8.47. The number of aliphatic imine (C=N–C) groups is 1. The molecule has 2 N–H and O–H groups in total. The molecule has 2 rings (SSSR count). The molecule has 1 atom stereocenters. The van der Waals surface area contributed by atoms with E-state index in [9.17, 15) is 4.79 Å². The summed E-state index contributed by atoms with van der Waals surface area (Å²) in [5, 5.41) is 6.42. The summed E-state index contributed by atoms with van der Waals surface area (Å²) in [5.74, 6) is 1.90. The molecule has 1 fully saturated rings. The van der Waals surface area contributed by atoms with Crippen LogP contribution in [0.25, 0.3) is 0 Å². The number of furan rings is 1. The van der Waals surface area contributed by atoms with Crippen molar-refractivity contribution in [1.82, 2.24) is 15.5 Å². The van der Waals surface area contributed by atoms with Crippen molar-refractivity contribution < 1.29 is 9.21 Å². The number of halogens is 1. The zero-order valence-electron chi connectivity index (χ0n) is 14.6. The summed E-state index contributed by atoms with van der Waals surface area (Å²) in [6.45, 7) is 4.38. The lowest BCUT2D eigenvalue weighted by atomic mass is 10.0. The number of likely N-dealkylation sites (tertiary alicyclic amines) is 1. The summed E-state index contributed by atoms with van der Waals surface area (Å²) in [6, 6.07) is 4.22. The zero-order chi connectivity index (χ0) is 16.5. The average molecular weight is 448 g/mol. The van der Waals surface area contributed by atoms with Gasteiger partial charge >= 0.3 is 0 Å². The molecule has 0 saturated carbocycles. The molecule has 0 spiro atoms. The number of piperidine rings is 1. The van der Waals surface area contributed by atoms with Crippen molar-refractivity contribution in [3.05, 3.63) is 24.2 Å². The second-order valence-corrected chi connectivity index (χ2v) is 5.94. The molecule has 0 aliphatic carbocycles. The van der Waals surface area contributed by atoms with Crippen molar-refractivity contribution in [2.45, 2.75) is 45.1 Å². The SMILES string of the molecule is CN=C(NCCC(=O)N1CCCCC1C)NCCc1ccco1.I. The fourth-order valence-corrected chi connectivity index (χ4v) is 2.88. The number of hydrogen-bond donors (Lipinski definition) is 2. The van der Waals surface area contributed by atoms with Crippen LogP contribution in [0.3, 0.4) is 0 Å². The van der Waals surface area contributed by atoms with E-state index >= 15 is 0 Å². The van der Waals surface area contributed by atoms with E-state index in [0.29, 0.717) is 19.0 Å². The molecule has 7 heteroatoms. The van der Waals surface area contributed by atoms with Crippen LogP contribution in [0.1, 0.15) is 38.4 Å². The molecule has 6 nitrogen and oxygen atoms in total. The van der Waals surface area contributed by atoms with Crippen LogP contribution in [-0.4, -0.2) is 49.5 Å². The predicted octanol–water partition coefficient (Wildman–Crippen LogP) is 2.40. The molecule has 1 aromatic rings. The van der Waals surface area contributed by atoms with Gasteiger partial charge in [-0.15, -0.1) is 24.0 Å². The molecule has 0 radical (unpaired) electrons. The Kier molecular flexibility index (Phi) is 9.82. The quantitative estimate of drug-likeness (QED) is 0.399. The van der Waals surface area contributed by atoms with Gasteiger partial charge in [0.1, 0.15) is 5.76 Å². The van der Waals surface area contributed by atoms with Crippen LogP contribution in [-0.2, 0) is 11.2 Å². The van der Waals surface area contributed by atoms with Gasteiger partial charge in [-0.2, -0.15) is 0 Å². The average Bonchev–Trinajstić information content (AvgIpc) is 3.07. The highest BCUT2D eigenvalue weighted by molar-refractivity contribution is 14.0. The van der Waals surface area contributed by atoms with Crippen LogP contribution in [0.15, 0.2) is 27.8 Å². The van der Waals surface area contributed by atoms with Crippen molar-refractivity contribution in [3.63, 3.8) is 0 Å². The Bertz CT molecular complexity index is 505. The Morgan fingerprint density at radius 2 is 2.17 bits per heavy atom. The van der Waals surface area contributed by atoms with Gasteiger partial charge in [-0.05, 0) is 38.3 Å². The second-order valence-electron chi connectivity index (χ2n) is 5.94. The number of nitrogens with zero attached hydrogens (tertiary/aromatic N) is 2. The number of rotatable bonds is 6. The number of nitrogens with one attached hydrogen (secondary N) is 2. The van der Waals surface area contributed by atoms with E-state index in [1.807, 2.05) is 17.0 Å². The Hall–Kier alpha value is -1.25. The molecule has 0 bridgehead atoms. The van der Waals surface area contributed by atoms with Crippen LogP contribution < -0.4 is 10.6 Å². The largest absolute Gasteiger partial charge is 0.469 e. The highest BCUT2D eigenvalue weighted by Crippen LogP contribution is 2.16. The van der Waals surface area contributed by atoms with E-state index < -0.39 is 0 Å². The van der Waals surface area contributed by atoms with E-state index in [1.54, 1.807) is 13.3 Å². The lowest BCUT2D eigenvalue weighted by Crippen LogP contribution is -2.44. The van der Waals surface area contributed by atoms with E-state index in [4.69, 9.17) is 4.42 Å². The topological polar surface area (TPSA) is 69.9 Å². The summed E-state index contributed by atoms with van der Waals surface area (Å²) in [7, 11) is 1.73. The molecular weight excluding hydrogens is 419 g/mol. The zero-order valence-corrected chi connectivity index (χ0v) is 16.9.